The smallest absolute Gasteiger partial charge is 0.399 e. The highest BCUT2D eigenvalue weighted by molar-refractivity contribution is 6.62. The molecule has 1 saturated heterocycles. The summed E-state index contributed by atoms with van der Waals surface area (Å²) in [6.07, 6.45) is -4.43. The molecule has 0 unspecified atom stereocenters. The minimum Gasteiger partial charge on any atom is -0.399 e. The van der Waals surface area contributed by atoms with Gasteiger partial charge in [0.2, 0.25) is 0 Å². The summed E-state index contributed by atoms with van der Waals surface area (Å²) in [6.45, 7) is 7.52. The molecule has 1 heterocycles. The van der Waals surface area contributed by atoms with Gasteiger partial charge in [0.05, 0.1) is 23.4 Å². The van der Waals surface area contributed by atoms with E-state index in [9.17, 15) is 13.2 Å². The van der Waals surface area contributed by atoms with Gasteiger partial charge in [-0.05, 0) is 44.8 Å². The van der Waals surface area contributed by atoms with Crippen molar-refractivity contribution in [2.75, 3.05) is 7.11 Å². The lowest BCUT2D eigenvalue weighted by Crippen LogP contribution is -2.41. The topological polar surface area (TPSA) is 27.7 Å². The van der Waals surface area contributed by atoms with Crippen LogP contribution < -0.4 is 5.46 Å². The van der Waals surface area contributed by atoms with Gasteiger partial charge < -0.3 is 14.0 Å². The molecule has 0 N–H and O–H groups in total. The molecule has 0 saturated carbocycles. The number of hydrogen-bond donors (Lipinski definition) is 0. The summed E-state index contributed by atoms with van der Waals surface area (Å²) in [4.78, 5) is 0. The van der Waals surface area contributed by atoms with Crippen LogP contribution in [0.15, 0.2) is 18.2 Å². The maximum atomic E-state index is 13.1. The lowest BCUT2D eigenvalue weighted by Gasteiger charge is -2.32. The zero-order valence-corrected chi connectivity index (χ0v) is 13.4. The van der Waals surface area contributed by atoms with Crippen molar-refractivity contribution in [2.24, 2.45) is 0 Å². The van der Waals surface area contributed by atoms with Crippen LogP contribution in [-0.4, -0.2) is 25.4 Å². The van der Waals surface area contributed by atoms with Gasteiger partial charge >= 0.3 is 13.3 Å². The highest BCUT2D eigenvalue weighted by atomic mass is 19.4. The maximum absolute atomic E-state index is 13.1. The van der Waals surface area contributed by atoms with Crippen LogP contribution >= 0.6 is 0 Å². The van der Waals surface area contributed by atoms with Crippen molar-refractivity contribution < 1.29 is 27.2 Å². The number of alkyl halides is 3. The first-order valence-corrected chi connectivity index (χ1v) is 7.02. The highest BCUT2D eigenvalue weighted by Gasteiger charge is 2.52. The first-order valence-electron chi connectivity index (χ1n) is 7.02. The Hall–Kier alpha value is -1.05. The predicted molar refractivity (Wildman–Crippen MR) is 77.9 cm³/mol. The minimum atomic E-state index is -4.43. The first-order chi connectivity index (χ1) is 9.96. The molecular formula is C15H20BF3O3. The van der Waals surface area contributed by atoms with Gasteiger partial charge in [0, 0.05) is 7.11 Å². The molecule has 0 radical (unpaired) electrons. The van der Waals surface area contributed by atoms with Gasteiger partial charge in [0.15, 0.2) is 0 Å². The second-order valence-electron chi connectivity index (χ2n) is 6.48. The lowest BCUT2D eigenvalue weighted by atomic mass is 9.77. The van der Waals surface area contributed by atoms with Gasteiger partial charge in [-0.3, -0.25) is 0 Å². The molecule has 0 atom stereocenters. The van der Waals surface area contributed by atoms with Crippen LogP contribution in [0.25, 0.3) is 0 Å². The van der Waals surface area contributed by atoms with Crippen LogP contribution in [0.2, 0.25) is 0 Å². The fourth-order valence-corrected chi connectivity index (χ4v) is 2.25. The summed E-state index contributed by atoms with van der Waals surface area (Å²) in [5.41, 5.74) is -1.16. The zero-order valence-electron chi connectivity index (χ0n) is 13.4. The Morgan fingerprint density at radius 3 is 2.05 bits per heavy atom. The van der Waals surface area contributed by atoms with Crippen molar-refractivity contribution in [1.82, 2.24) is 0 Å². The molecule has 1 aliphatic rings. The fraction of sp³-hybridized carbons (Fsp3) is 0.600. The predicted octanol–water partition coefficient (Wildman–Crippen LogP) is 3.15. The third-order valence-corrected chi connectivity index (χ3v) is 4.18. The quantitative estimate of drug-likeness (QED) is 0.802. The average Bonchev–Trinajstić information content (AvgIpc) is 2.57. The molecule has 122 valence electrons. The molecule has 0 amide bonds. The van der Waals surface area contributed by atoms with Crippen molar-refractivity contribution >= 4 is 12.6 Å². The Morgan fingerprint density at radius 2 is 1.59 bits per heavy atom. The summed E-state index contributed by atoms with van der Waals surface area (Å²) >= 11 is 0. The fourth-order valence-electron chi connectivity index (χ4n) is 2.25. The molecule has 3 nitrogen and oxygen atoms in total. The van der Waals surface area contributed by atoms with Crippen LogP contribution in [0.1, 0.15) is 38.8 Å². The summed E-state index contributed by atoms with van der Waals surface area (Å²) in [5.74, 6) is 0. The van der Waals surface area contributed by atoms with Gasteiger partial charge in [-0.1, -0.05) is 12.1 Å². The van der Waals surface area contributed by atoms with Gasteiger partial charge in [-0.25, -0.2) is 0 Å². The molecule has 0 spiro atoms. The van der Waals surface area contributed by atoms with E-state index in [2.05, 4.69) is 0 Å². The zero-order chi connectivity index (χ0) is 16.8. The van der Waals surface area contributed by atoms with Crippen molar-refractivity contribution in [3.05, 3.63) is 29.3 Å². The molecule has 1 aliphatic heterocycles. The Morgan fingerprint density at radius 1 is 1.05 bits per heavy atom. The van der Waals surface area contributed by atoms with Crippen molar-refractivity contribution in [3.8, 4) is 0 Å². The second kappa shape index (κ2) is 5.55. The van der Waals surface area contributed by atoms with E-state index in [1.54, 1.807) is 6.07 Å². The van der Waals surface area contributed by atoms with E-state index >= 15 is 0 Å². The van der Waals surface area contributed by atoms with Crippen molar-refractivity contribution in [2.45, 2.75) is 51.7 Å². The Bertz CT molecular complexity index is 539. The van der Waals surface area contributed by atoms with Crippen LogP contribution in [0.5, 0.6) is 0 Å². The van der Waals surface area contributed by atoms with Crippen LogP contribution in [0, 0.1) is 0 Å². The molecule has 1 aromatic carbocycles. The standard InChI is InChI=1S/C15H20BF3O3/c1-13(2)14(3,4)22-16(21-13)12-7-10(9-20-5)6-11(8-12)15(17,18)19/h6-8H,9H2,1-5H3. The van der Waals surface area contributed by atoms with Gasteiger partial charge in [-0.2, -0.15) is 13.2 Å². The van der Waals surface area contributed by atoms with Crippen molar-refractivity contribution in [3.63, 3.8) is 0 Å². The van der Waals surface area contributed by atoms with E-state index in [1.807, 2.05) is 27.7 Å². The monoisotopic (exact) mass is 316 g/mol. The number of halogens is 3. The number of hydrogen-bond acceptors (Lipinski definition) is 3. The van der Waals surface area contributed by atoms with Crippen LogP contribution in [0.3, 0.4) is 0 Å². The lowest BCUT2D eigenvalue weighted by molar-refractivity contribution is -0.137. The third kappa shape index (κ3) is 3.31. The van der Waals surface area contributed by atoms with E-state index < -0.39 is 30.1 Å². The number of methoxy groups -OCH3 is 1. The SMILES string of the molecule is COCc1cc(B2OC(C)(C)C(C)(C)O2)cc(C(F)(F)F)c1. The van der Waals surface area contributed by atoms with Gasteiger partial charge in [-0.15, -0.1) is 0 Å². The maximum Gasteiger partial charge on any atom is 0.494 e. The molecular weight excluding hydrogens is 296 g/mol. The minimum absolute atomic E-state index is 0.0937. The first kappa shape index (κ1) is 17.3. The largest absolute Gasteiger partial charge is 0.494 e. The summed E-state index contributed by atoms with van der Waals surface area (Å²) in [5, 5.41) is 0. The molecule has 0 aliphatic carbocycles. The Labute approximate surface area is 128 Å². The number of rotatable bonds is 3. The second-order valence-corrected chi connectivity index (χ2v) is 6.48. The average molecular weight is 316 g/mol. The van der Waals surface area contributed by atoms with E-state index in [1.165, 1.54) is 7.11 Å². The number of benzene rings is 1. The number of ether oxygens (including phenoxy) is 1. The molecule has 1 aromatic rings. The Kier molecular flexibility index (Phi) is 4.36. The molecule has 1 fully saturated rings. The van der Waals surface area contributed by atoms with Crippen LogP contribution in [0.4, 0.5) is 13.2 Å². The summed E-state index contributed by atoms with van der Waals surface area (Å²) in [7, 11) is 0.609. The molecule has 22 heavy (non-hydrogen) atoms. The van der Waals surface area contributed by atoms with Gasteiger partial charge in [0.1, 0.15) is 0 Å². The van der Waals surface area contributed by atoms with Gasteiger partial charge in [0.25, 0.3) is 0 Å². The van der Waals surface area contributed by atoms with E-state index in [-0.39, 0.29) is 6.61 Å². The highest BCUT2D eigenvalue weighted by Crippen LogP contribution is 2.37. The molecule has 0 bridgehead atoms. The van der Waals surface area contributed by atoms with Crippen LogP contribution in [-0.2, 0) is 26.8 Å². The molecule has 0 aromatic heterocycles. The normalized spacial score (nSPS) is 20.5. The Balaban J connectivity index is 2.41. The van der Waals surface area contributed by atoms with E-state index in [0.717, 1.165) is 12.1 Å². The molecule has 7 heteroatoms. The molecule has 2 rings (SSSR count). The summed E-state index contributed by atoms with van der Waals surface area (Å²) < 4.78 is 55.8. The third-order valence-electron chi connectivity index (χ3n) is 4.18. The van der Waals surface area contributed by atoms with E-state index in [4.69, 9.17) is 14.0 Å². The van der Waals surface area contributed by atoms with Crippen molar-refractivity contribution in [1.29, 1.82) is 0 Å². The summed E-state index contributed by atoms with van der Waals surface area (Å²) in [6, 6.07) is 3.78. The van der Waals surface area contributed by atoms with E-state index in [0.29, 0.717) is 11.0 Å².